The Balaban J connectivity index is 2.04. The van der Waals surface area contributed by atoms with Crippen LogP contribution >= 0.6 is 23.4 Å². The summed E-state index contributed by atoms with van der Waals surface area (Å²) in [7, 11) is 0. The zero-order chi connectivity index (χ0) is 21.2. The fraction of sp³-hybridized carbons (Fsp3) is 0.391. The Labute approximate surface area is 183 Å². The monoisotopic (exact) mass is 432 g/mol. The summed E-state index contributed by atoms with van der Waals surface area (Å²) in [5.41, 5.74) is 3.26. The Bertz CT molecular complexity index is 811. The number of hydrogen-bond acceptors (Lipinski definition) is 3. The van der Waals surface area contributed by atoms with E-state index in [0.717, 1.165) is 23.1 Å². The number of aryl methyl sites for hydroxylation is 1. The van der Waals surface area contributed by atoms with Crippen molar-refractivity contribution in [1.82, 2.24) is 10.2 Å². The number of nitrogens with one attached hydrogen (secondary N) is 1. The number of rotatable bonds is 10. The van der Waals surface area contributed by atoms with Gasteiger partial charge in [-0.15, -0.1) is 11.8 Å². The third kappa shape index (κ3) is 7.75. The summed E-state index contributed by atoms with van der Waals surface area (Å²) < 4.78 is 0. The molecule has 4 nitrogen and oxygen atoms in total. The Morgan fingerprint density at radius 3 is 2.52 bits per heavy atom. The summed E-state index contributed by atoms with van der Waals surface area (Å²) in [4.78, 5) is 27.2. The van der Waals surface area contributed by atoms with Gasteiger partial charge in [-0.25, -0.2) is 0 Å². The van der Waals surface area contributed by atoms with Crippen LogP contribution in [-0.2, 0) is 21.9 Å². The molecule has 0 radical (unpaired) electrons. The molecular weight excluding hydrogens is 404 g/mol. The molecule has 2 aromatic carbocycles. The van der Waals surface area contributed by atoms with Crippen LogP contribution in [0.25, 0.3) is 0 Å². The SMILES string of the molecule is CCCNC(=O)[C@H](C)N(Cc1ccc(C)cc1)C(=O)CSCc1cccc(Cl)c1. The maximum absolute atomic E-state index is 13.0. The predicted octanol–water partition coefficient (Wildman–Crippen LogP) is 4.83. The van der Waals surface area contributed by atoms with E-state index in [4.69, 9.17) is 11.6 Å². The van der Waals surface area contributed by atoms with Gasteiger partial charge in [-0.2, -0.15) is 0 Å². The van der Waals surface area contributed by atoms with Crippen molar-refractivity contribution in [3.8, 4) is 0 Å². The molecule has 29 heavy (non-hydrogen) atoms. The molecular formula is C23H29ClN2O2S. The lowest BCUT2D eigenvalue weighted by Crippen LogP contribution is -2.48. The predicted molar refractivity (Wildman–Crippen MR) is 122 cm³/mol. The van der Waals surface area contributed by atoms with Gasteiger partial charge in [0, 0.05) is 23.9 Å². The van der Waals surface area contributed by atoms with E-state index in [-0.39, 0.29) is 11.8 Å². The van der Waals surface area contributed by atoms with Crippen molar-refractivity contribution >= 4 is 35.2 Å². The van der Waals surface area contributed by atoms with E-state index < -0.39 is 6.04 Å². The average Bonchev–Trinajstić information content (AvgIpc) is 2.71. The van der Waals surface area contributed by atoms with Crippen molar-refractivity contribution in [1.29, 1.82) is 0 Å². The van der Waals surface area contributed by atoms with Crippen LogP contribution in [0.3, 0.4) is 0 Å². The van der Waals surface area contributed by atoms with Crippen molar-refractivity contribution in [3.05, 3.63) is 70.2 Å². The molecule has 1 atom stereocenters. The van der Waals surface area contributed by atoms with Crippen LogP contribution < -0.4 is 5.32 Å². The van der Waals surface area contributed by atoms with Gasteiger partial charge in [0.25, 0.3) is 0 Å². The lowest BCUT2D eigenvalue weighted by atomic mass is 10.1. The lowest BCUT2D eigenvalue weighted by Gasteiger charge is -2.28. The highest BCUT2D eigenvalue weighted by molar-refractivity contribution is 7.99. The number of carbonyl (C=O) groups is 2. The topological polar surface area (TPSA) is 49.4 Å². The van der Waals surface area contributed by atoms with Crippen LogP contribution in [0.2, 0.25) is 5.02 Å². The zero-order valence-electron chi connectivity index (χ0n) is 17.3. The van der Waals surface area contributed by atoms with E-state index in [1.165, 1.54) is 11.8 Å². The Morgan fingerprint density at radius 2 is 1.86 bits per heavy atom. The molecule has 0 heterocycles. The van der Waals surface area contributed by atoms with E-state index in [0.29, 0.717) is 29.6 Å². The molecule has 0 unspecified atom stereocenters. The second-order valence-electron chi connectivity index (χ2n) is 7.10. The fourth-order valence-corrected chi connectivity index (χ4v) is 3.91. The second kappa shape index (κ2) is 11.9. The average molecular weight is 433 g/mol. The Kier molecular flexibility index (Phi) is 9.55. The smallest absolute Gasteiger partial charge is 0.242 e. The molecule has 0 spiro atoms. The molecule has 0 fully saturated rings. The van der Waals surface area contributed by atoms with Crippen molar-refractivity contribution < 1.29 is 9.59 Å². The summed E-state index contributed by atoms with van der Waals surface area (Å²) in [6.45, 7) is 6.85. The van der Waals surface area contributed by atoms with Gasteiger partial charge >= 0.3 is 0 Å². The molecule has 0 aromatic heterocycles. The van der Waals surface area contributed by atoms with Gasteiger partial charge < -0.3 is 10.2 Å². The van der Waals surface area contributed by atoms with Gasteiger partial charge in [0.05, 0.1) is 5.75 Å². The van der Waals surface area contributed by atoms with Gasteiger partial charge in [0.1, 0.15) is 6.04 Å². The van der Waals surface area contributed by atoms with Crippen LogP contribution in [-0.4, -0.2) is 35.1 Å². The molecule has 156 valence electrons. The summed E-state index contributed by atoms with van der Waals surface area (Å²) in [5, 5.41) is 3.59. The van der Waals surface area contributed by atoms with Gasteiger partial charge in [-0.05, 0) is 43.5 Å². The Morgan fingerprint density at radius 1 is 1.14 bits per heavy atom. The summed E-state index contributed by atoms with van der Waals surface area (Å²) >= 11 is 7.56. The zero-order valence-corrected chi connectivity index (χ0v) is 18.9. The molecule has 2 aromatic rings. The quantitative estimate of drug-likeness (QED) is 0.585. The van der Waals surface area contributed by atoms with E-state index >= 15 is 0 Å². The molecule has 0 bridgehead atoms. The molecule has 0 saturated carbocycles. The minimum atomic E-state index is -0.526. The van der Waals surface area contributed by atoms with Crippen LogP contribution in [0.4, 0.5) is 0 Å². The van der Waals surface area contributed by atoms with Crippen LogP contribution in [0.1, 0.15) is 37.0 Å². The third-order valence-corrected chi connectivity index (χ3v) is 5.80. The number of carbonyl (C=O) groups excluding carboxylic acids is 2. The highest BCUT2D eigenvalue weighted by Crippen LogP contribution is 2.18. The molecule has 6 heteroatoms. The molecule has 0 aliphatic rings. The molecule has 1 N–H and O–H groups in total. The van der Waals surface area contributed by atoms with E-state index in [1.807, 2.05) is 62.4 Å². The van der Waals surface area contributed by atoms with Gasteiger partial charge in [0.2, 0.25) is 11.8 Å². The van der Waals surface area contributed by atoms with Crippen LogP contribution in [0, 0.1) is 6.92 Å². The van der Waals surface area contributed by atoms with E-state index in [1.54, 1.807) is 11.8 Å². The first-order chi connectivity index (χ1) is 13.9. The number of halogens is 1. The number of amides is 2. The highest BCUT2D eigenvalue weighted by atomic mass is 35.5. The van der Waals surface area contributed by atoms with Crippen molar-refractivity contribution in [2.24, 2.45) is 0 Å². The van der Waals surface area contributed by atoms with E-state index in [2.05, 4.69) is 5.32 Å². The molecule has 0 aliphatic heterocycles. The van der Waals surface area contributed by atoms with Crippen LogP contribution in [0.5, 0.6) is 0 Å². The maximum atomic E-state index is 13.0. The first kappa shape index (κ1) is 23.3. The minimum Gasteiger partial charge on any atom is -0.354 e. The van der Waals surface area contributed by atoms with Crippen molar-refractivity contribution in [2.75, 3.05) is 12.3 Å². The van der Waals surface area contributed by atoms with Crippen molar-refractivity contribution in [2.45, 2.75) is 45.5 Å². The third-order valence-electron chi connectivity index (χ3n) is 4.57. The van der Waals surface area contributed by atoms with Gasteiger partial charge in [-0.3, -0.25) is 9.59 Å². The molecule has 2 amide bonds. The first-order valence-electron chi connectivity index (χ1n) is 9.85. The van der Waals surface area contributed by atoms with Gasteiger partial charge in [-0.1, -0.05) is 60.5 Å². The minimum absolute atomic E-state index is 0.0447. The van der Waals surface area contributed by atoms with Gasteiger partial charge in [0.15, 0.2) is 0 Å². The standard InChI is InChI=1S/C23H29ClN2O2S/c1-4-12-25-23(28)18(3)26(14-19-10-8-17(2)9-11-19)22(27)16-29-15-20-6-5-7-21(24)13-20/h5-11,13,18H,4,12,14-16H2,1-3H3,(H,25,28)/t18-/m0/s1. The van der Waals surface area contributed by atoms with E-state index in [9.17, 15) is 9.59 Å². The fourth-order valence-electron chi connectivity index (χ4n) is 2.83. The number of thioether (sulfide) groups is 1. The second-order valence-corrected chi connectivity index (χ2v) is 8.52. The molecule has 0 saturated heterocycles. The maximum Gasteiger partial charge on any atom is 0.242 e. The van der Waals surface area contributed by atoms with Crippen molar-refractivity contribution in [3.63, 3.8) is 0 Å². The Hall–Kier alpha value is -1.98. The molecule has 2 rings (SSSR count). The molecule has 0 aliphatic carbocycles. The van der Waals surface area contributed by atoms with Crippen LogP contribution in [0.15, 0.2) is 48.5 Å². The number of nitrogens with zero attached hydrogens (tertiary/aromatic N) is 1. The summed E-state index contributed by atoms with van der Waals surface area (Å²) in [6.07, 6.45) is 0.861. The highest BCUT2D eigenvalue weighted by Gasteiger charge is 2.25. The summed E-state index contributed by atoms with van der Waals surface area (Å²) in [6, 6.07) is 15.2. The summed E-state index contributed by atoms with van der Waals surface area (Å²) in [5.74, 6) is 0.842. The lowest BCUT2D eigenvalue weighted by molar-refractivity contribution is -0.138. The number of hydrogen-bond donors (Lipinski definition) is 1. The number of benzene rings is 2. The normalized spacial score (nSPS) is 11.7. The first-order valence-corrected chi connectivity index (χ1v) is 11.4. The largest absolute Gasteiger partial charge is 0.354 e.